The fraction of sp³-hybridized carbons (Fsp3) is 0.211. The lowest BCUT2D eigenvalue weighted by molar-refractivity contribution is 0.167. The fourth-order valence-electron chi connectivity index (χ4n) is 2.64. The summed E-state index contributed by atoms with van der Waals surface area (Å²) in [5, 5.41) is 3.67. The largest absolute Gasteiger partial charge is 0.450 e. The van der Waals surface area contributed by atoms with Gasteiger partial charge in [0.05, 0.1) is 6.61 Å². The lowest BCUT2D eigenvalue weighted by atomic mass is 10.0. The van der Waals surface area contributed by atoms with Crippen LogP contribution in [0.15, 0.2) is 52.9 Å². The second-order valence-electron chi connectivity index (χ2n) is 5.36. The maximum Gasteiger partial charge on any atom is 0.413 e. The molecule has 0 saturated carbocycles. The van der Waals surface area contributed by atoms with Gasteiger partial charge in [0.25, 0.3) is 0 Å². The minimum atomic E-state index is -0.501. The minimum Gasteiger partial charge on any atom is -0.450 e. The molecule has 0 bridgehead atoms. The molecule has 0 aliphatic carbocycles. The molecule has 0 aliphatic rings. The molecule has 4 heteroatoms. The normalized spacial score (nSPS) is 10.7. The van der Waals surface area contributed by atoms with E-state index < -0.39 is 6.09 Å². The van der Waals surface area contributed by atoms with Crippen LogP contribution in [0.1, 0.15) is 23.6 Å². The van der Waals surface area contributed by atoms with Crippen molar-refractivity contribution in [3.05, 3.63) is 65.2 Å². The number of rotatable bonds is 4. The fourth-order valence-corrected chi connectivity index (χ4v) is 2.64. The number of carbonyl (C=O) groups excluding carboxylic acids is 1. The van der Waals surface area contributed by atoms with E-state index in [-0.39, 0.29) is 0 Å². The van der Waals surface area contributed by atoms with E-state index in [0.29, 0.717) is 12.5 Å². The summed E-state index contributed by atoms with van der Waals surface area (Å²) in [6.45, 7) is 4.02. The van der Waals surface area contributed by atoms with E-state index in [4.69, 9.17) is 9.15 Å². The minimum absolute atomic E-state index is 0.324. The van der Waals surface area contributed by atoms with Gasteiger partial charge < -0.3 is 9.15 Å². The third-order valence-corrected chi connectivity index (χ3v) is 3.77. The Morgan fingerprint density at radius 1 is 1.13 bits per heavy atom. The van der Waals surface area contributed by atoms with Gasteiger partial charge in [0.1, 0.15) is 5.58 Å². The molecule has 1 aromatic heterocycles. The predicted octanol–water partition coefficient (Wildman–Crippen LogP) is 4.90. The summed E-state index contributed by atoms with van der Waals surface area (Å²) >= 11 is 0. The molecule has 0 spiro atoms. The molecule has 1 heterocycles. The summed E-state index contributed by atoms with van der Waals surface area (Å²) in [6, 6.07) is 16.3. The van der Waals surface area contributed by atoms with Crippen molar-refractivity contribution in [1.82, 2.24) is 0 Å². The molecular formula is C19H19NO3. The van der Waals surface area contributed by atoms with Gasteiger partial charge in [-0.05, 0) is 25.0 Å². The van der Waals surface area contributed by atoms with Crippen LogP contribution in [0.25, 0.3) is 11.0 Å². The van der Waals surface area contributed by atoms with E-state index in [9.17, 15) is 4.79 Å². The van der Waals surface area contributed by atoms with Crippen LogP contribution in [0, 0.1) is 6.92 Å². The lowest BCUT2D eigenvalue weighted by Gasteiger charge is -2.03. The van der Waals surface area contributed by atoms with Crippen LogP contribution in [0.5, 0.6) is 0 Å². The van der Waals surface area contributed by atoms with Gasteiger partial charge in [-0.3, -0.25) is 5.32 Å². The molecule has 118 valence electrons. The van der Waals surface area contributed by atoms with Crippen LogP contribution in [0.2, 0.25) is 0 Å². The standard InChI is InChI=1S/C19H19NO3/c1-3-22-19(21)20-18-13(2)16-11-7-10-15(17(16)23-18)12-14-8-5-4-6-9-14/h4-11H,3,12H2,1-2H3,(H,20,21). The van der Waals surface area contributed by atoms with Gasteiger partial charge in [0.2, 0.25) is 5.88 Å². The first-order valence-electron chi connectivity index (χ1n) is 7.67. The number of benzene rings is 2. The van der Waals surface area contributed by atoms with Gasteiger partial charge in [-0.25, -0.2) is 4.79 Å². The van der Waals surface area contributed by atoms with E-state index in [2.05, 4.69) is 17.4 Å². The molecule has 23 heavy (non-hydrogen) atoms. The first-order valence-corrected chi connectivity index (χ1v) is 7.67. The summed E-state index contributed by atoms with van der Waals surface area (Å²) in [5.74, 6) is 0.443. The average molecular weight is 309 g/mol. The number of amides is 1. The average Bonchev–Trinajstić information content (AvgIpc) is 2.86. The molecule has 3 rings (SSSR count). The van der Waals surface area contributed by atoms with Crippen molar-refractivity contribution in [3.63, 3.8) is 0 Å². The molecule has 0 unspecified atom stereocenters. The van der Waals surface area contributed by atoms with E-state index >= 15 is 0 Å². The Morgan fingerprint density at radius 2 is 1.91 bits per heavy atom. The zero-order chi connectivity index (χ0) is 16.2. The SMILES string of the molecule is CCOC(=O)Nc1oc2c(Cc3ccccc3)cccc2c1C. The summed E-state index contributed by atoms with van der Waals surface area (Å²) in [7, 11) is 0. The van der Waals surface area contributed by atoms with Crippen molar-refractivity contribution in [2.75, 3.05) is 11.9 Å². The molecule has 0 saturated heterocycles. The zero-order valence-electron chi connectivity index (χ0n) is 13.3. The van der Waals surface area contributed by atoms with Crippen molar-refractivity contribution in [3.8, 4) is 0 Å². The van der Waals surface area contributed by atoms with E-state index in [1.165, 1.54) is 5.56 Å². The number of hydrogen-bond acceptors (Lipinski definition) is 3. The van der Waals surface area contributed by atoms with E-state index in [0.717, 1.165) is 28.5 Å². The number of carbonyl (C=O) groups is 1. The Kier molecular flexibility index (Phi) is 4.33. The van der Waals surface area contributed by atoms with Gasteiger partial charge in [-0.1, -0.05) is 48.5 Å². The van der Waals surface area contributed by atoms with Gasteiger partial charge >= 0.3 is 6.09 Å². The Hall–Kier alpha value is -2.75. The van der Waals surface area contributed by atoms with Crippen molar-refractivity contribution in [1.29, 1.82) is 0 Å². The van der Waals surface area contributed by atoms with Crippen molar-refractivity contribution < 1.29 is 13.9 Å². The Bertz CT molecular complexity index is 821. The van der Waals surface area contributed by atoms with Crippen molar-refractivity contribution in [2.45, 2.75) is 20.3 Å². The molecule has 2 aromatic carbocycles. The molecule has 0 fully saturated rings. The zero-order valence-corrected chi connectivity index (χ0v) is 13.3. The second-order valence-corrected chi connectivity index (χ2v) is 5.36. The third-order valence-electron chi connectivity index (χ3n) is 3.77. The highest BCUT2D eigenvalue weighted by Crippen LogP contribution is 2.32. The van der Waals surface area contributed by atoms with E-state index in [1.54, 1.807) is 6.92 Å². The molecule has 1 amide bonds. The first kappa shape index (κ1) is 15.2. The number of fused-ring (bicyclic) bond motifs is 1. The summed E-state index contributed by atoms with van der Waals surface area (Å²) in [4.78, 5) is 11.6. The summed E-state index contributed by atoms with van der Waals surface area (Å²) < 4.78 is 10.8. The monoisotopic (exact) mass is 309 g/mol. The Balaban J connectivity index is 1.96. The molecular weight excluding hydrogens is 290 g/mol. The Morgan fingerprint density at radius 3 is 2.65 bits per heavy atom. The van der Waals surface area contributed by atoms with Crippen LogP contribution in [-0.2, 0) is 11.2 Å². The highest BCUT2D eigenvalue weighted by atomic mass is 16.5. The Labute approximate surface area is 135 Å². The van der Waals surface area contributed by atoms with Crippen molar-refractivity contribution >= 4 is 22.9 Å². The molecule has 0 radical (unpaired) electrons. The lowest BCUT2D eigenvalue weighted by Crippen LogP contribution is -2.13. The first-order chi connectivity index (χ1) is 11.2. The van der Waals surface area contributed by atoms with Gasteiger partial charge in [0.15, 0.2) is 0 Å². The number of anilines is 1. The van der Waals surface area contributed by atoms with Crippen LogP contribution >= 0.6 is 0 Å². The van der Waals surface area contributed by atoms with Crippen LogP contribution in [0.4, 0.5) is 10.7 Å². The smallest absolute Gasteiger partial charge is 0.413 e. The molecule has 4 nitrogen and oxygen atoms in total. The number of hydrogen-bond donors (Lipinski definition) is 1. The molecule has 0 atom stereocenters. The number of nitrogens with one attached hydrogen (secondary N) is 1. The summed E-state index contributed by atoms with van der Waals surface area (Å²) in [6.07, 6.45) is 0.281. The second kappa shape index (κ2) is 6.57. The quantitative estimate of drug-likeness (QED) is 0.745. The van der Waals surface area contributed by atoms with Crippen LogP contribution in [0.3, 0.4) is 0 Å². The third kappa shape index (κ3) is 3.21. The van der Waals surface area contributed by atoms with Crippen LogP contribution < -0.4 is 5.32 Å². The highest BCUT2D eigenvalue weighted by Gasteiger charge is 2.16. The topological polar surface area (TPSA) is 51.5 Å². The molecule has 0 aliphatic heterocycles. The highest BCUT2D eigenvalue weighted by molar-refractivity contribution is 5.93. The molecule has 3 aromatic rings. The van der Waals surface area contributed by atoms with Crippen molar-refractivity contribution in [2.24, 2.45) is 0 Å². The number of furan rings is 1. The predicted molar refractivity (Wildman–Crippen MR) is 90.8 cm³/mol. The van der Waals surface area contributed by atoms with Crippen LogP contribution in [-0.4, -0.2) is 12.7 Å². The van der Waals surface area contributed by atoms with E-state index in [1.807, 2.05) is 43.3 Å². The van der Waals surface area contributed by atoms with Gasteiger partial charge in [-0.15, -0.1) is 0 Å². The number of para-hydroxylation sites is 1. The van der Waals surface area contributed by atoms with Gasteiger partial charge in [-0.2, -0.15) is 0 Å². The number of aryl methyl sites for hydroxylation is 1. The summed E-state index contributed by atoms with van der Waals surface area (Å²) in [5.41, 5.74) is 4.02. The maximum absolute atomic E-state index is 11.6. The number of ether oxygens (including phenoxy) is 1. The van der Waals surface area contributed by atoms with Gasteiger partial charge in [0, 0.05) is 17.4 Å². The molecule has 1 N–H and O–H groups in total. The maximum atomic E-state index is 11.6.